The Morgan fingerprint density at radius 3 is 0.333 bits per heavy atom. The van der Waals surface area contributed by atoms with Gasteiger partial charge in [-0.25, -0.2) is 0 Å². The first kappa shape index (κ1) is 21.0. The molecule has 0 nitrogen and oxygen atoms in total. The molecule has 0 bridgehead atoms. The third-order valence-electron chi connectivity index (χ3n) is 0. The van der Waals surface area contributed by atoms with E-state index in [0.717, 1.165) is 0 Å². The van der Waals surface area contributed by atoms with Crippen LogP contribution in [0.1, 0.15) is 0 Å². The van der Waals surface area contributed by atoms with Crippen molar-refractivity contribution in [1.29, 1.82) is 0 Å². The summed E-state index contributed by atoms with van der Waals surface area (Å²) in [4.78, 5) is 0. The molecule has 0 radical (unpaired) electrons. The molecular weight excluding hydrogens is 355 g/mol. The summed E-state index contributed by atoms with van der Waals surface area (Å²) in [5.74, 6) is 0. The first-order valence-electron chi connectivity index (χ1n) is 2.03. The van der Waals surface area contributed by atoms with Crippen LogP contribution in [-0.4, -0.2) is 0 Å². The predicted octanol–water partition coefficient (Wildman–Crippen LogP) is 6.76. The van der Waals surface area contributed by atoms with Crippen LogP contribution in [0.2, 0.25) is 0 Å². The first-order valence-corrected chi connectivity index (χ1v) is 6.09. The minimum atomic E-state index is -10.7. The van der Waals surface area contributed by atoms with E-state index in [9.17, 15) is 50.4 Å². The largest absolute Gasteiger partial charge is 2.00 e. The zero-order chi connectivity index (χ0) is 12.8. The van der Waals surface area contributed by atoms with Crippen LogP contribution >= 0.6 is 15.6 Å². The Morgan fingerprint density at radius 2 is 0.333 bits per heavy atom. The van der Waals surface area contributed by atoms with E-state index >= 15 is 0 Å². The Hall–Kier alpha value is 0.643. The average Bonchev–Trinajstić information content (AvgIpc) is 0.938. The van der Waals surface area contributed by atoms with Crippen molar-refractivity contribution in [2.75, 3.05) is 0 Å². The predicted molar refractivity (Wildman–Crippen MR) is 27.1 cm³/mol. The monoisotopic (exact) mass is 354 g/mol. The smallest absolute Gasteiger partial charge is 2.00 e. The fourth-order valence-electron chi connectivity index (χ4n) is 0. The standard InChI is InChI=1S/2F6P.Zn/c2*1-7(2,3,4,5)6;/q2*-1;+2. The normalized spacial score (nSPS) is 21.6. The van der Waals surface area contributed by atoms with E-state index in [0.29, 0.717) is 0 Å². The van der Waals surface area contributed by atoms with Gasteiger partial charge < -0.3 is 0 Å². The van der Waals surface area contributed by atoms with Gasteiger partial charge in [0.2, 0.25) is 0 Å². The van der Waals surface area contributed by atoms with Crippen LogP contribution in [0.5, 0.6) is 0 Å². The summed E-state index contributed by atoms with van der Waals surface area (Å²) < 4.78 is 118. The molecule has 0 aliphatic carbocycles. The number of halogens is 12. The first-order chi connectivity index (χ1) is 4.90. The molecule has 15 heteroatoms. The zero-order valence-corrected chi connectivity index (χ0v) is 10.9. The summed E-state index contributed by atoms with van der Waals surface area (Å²) in [5, 5.41) is 0. The molecule has 0 aliphatic rings. The van der Waals surface area contributed by atoms with Crippen molar-refractivity contribution in [3.8, 4) is 0 Å². The second-order valence-electron chi connectivity index (χ2n) is 1.92. The Bertz CT molecular complexity index is 161. The topological polar surface area (TPSA) is 0 Å². The maximum atomic E-state index is 9.87. The van der Waals surface area contributed by atoms with Crippen molar-refractivity contribution in [3.63, 3.8) is 0 Å². The molecule has 0 aromatic heterocycles. The SMILES string of the molecule is F[P-](F)(F)(F)(F)F.F[P-](F)(F)(F)(F)F.[Zn+2]. The molecule has 0 saturated heterocycles. The molecule has 0 aromatic carbocycles. The molecule has 0 saturated carbocycles. The molecule has 0 N–H and O–H groups in total. The fourth-order valence-corrected chi connectivity index (χ4v) is 0. The van der Waals surface area contributed by atoms with Gasteiger partial charge in [0, 0.05) is 0 Å². The van der Waals surface area contributed by atoms with Gasteiger partial charge >= 0.3 is 85.5 Å². The molecule has 0 amide bonds. The van der Waals surface area contributed by atoms with Crippen LogP contribution in [0, 0.1) is 0 Å². The van der Waals surface area contributed by atoms with E-state index in [1.807, 2.05) is 0 Å². The molecule has 0 rings (SSSR count). The molecule has 0 aromatic rings. The van der Waals surface area contributed by atoms with Gasteiger partial charge in [-0.2, -0.15) is 0 Å². The summed E-state index contributed by atoms with van der Waals surface area (Å²) in [5.41, 5.74) is 0. The van der Waals surface area contributed by atoms with E-state index < -0.39 is 15.6 Å². The van der Waals surface area contributed by atoms with Gasteiger partial charge in [-0.05, 0) is 0 Å². The van der Waals surface area contributed by atoms with Gasteiger partial charge in [-0.3, -0.25) is 0 Å². The molecule has 15 heavy (non-hydrogen) atoms. The summed E-state index contributed by atoms with van der Waals surface area (Å²) >= 11 is 0. The number of hydrogen-bond acceptors (Lipinski definition) is 0. The maximum Gasteiger partial charge on any atom is 2.00 e. The van der Waals surface area contributed by atoms with Crippen molar-refractivity contribution in [3.05, 3.63) is 0 Å². The van der Waals surface area contributed by atoms with Gasteiger partial charge in [-0.15, -0.1) is 0 Å². The van der Waals surface area contributed by atoms with Crippen LogP contribution in [-0.2, 0) is 19.5 Å². The van der Waals surface area contributed by atoms with E-state index in [-0.39, 0.29) is 19.5 Å². The minimum absolute atomic E-state index is 0. The Labute approximate surface area is 86.2 Å². The third kappa shape index (κ3) is 5660. The quantitative estimate of drug-likeness (QED) is 0.256. The Morgan fingerprint density at radius 1 is 0.333 bits per heavy atom. The van der Waals surface area contributed by atoms with Crippen LogP contribution in [0.15, 0.2) is 0 Å². The van der Waals surface area contributed by atoms with E-state index in [4.69, 9.17) is 0 Å². The van der Waals surface area contributed by atoms with Gasteiger partial charge in [0.15, 0.2) is 0 Å². The van der Waals surface area contributed by atoms with Crippen LogP contribution in [0.4, 0.5) is 50.4 Å². The van der Waals surface area contributed by atoms with Crippen molar-refractivity contribution in [1.82, 2.24) is 0 Å². The number of rotatable bonds is 0. The van der Waals surface area contributed by atoms with E-state index in [1.54, 1.807) is 0 Å². The molecule has 0 aliphatic heterocycles. The molecule has 0 atom stereocenters. The Balaban J connectivity index is -0.000000180. The summed E-state index contributed by atoms with van der Waals surface area (Å²) in [7, 11) is -21.3. The summed E-state index contributed by atoms with van der Waals surface area (Å²) in [6.07, 6.45) is 0. The summed E-state index contributed by atoms with van der Waals surface area (Å²) in [6, 6.07) is 0. The second kappa shape index (κ2) is 2.90. The molecular formula is F12P2Zn. The van der Waals surface area contributed by atoms with Crippen LogP contribution in [0.3, 0.4) is 0 Å². The fraction of sp³-hybridized carbons (Fsp3) is 0. The van der Waals surface area contributed by atoms with Gasteiger partial charge in [0.05, 0.1) is 0 Å². The van der Waals surface area contributed by atoms with Crippen molar-refractivity contribution in [2.24, 2.45) is 0 Å². The van der Waals surface area contributed by atoms with Crippen LogP contribution < -0.4 is 0 Å². The van der Waals surface area contributed by atoms with Gasteiger partial charge in [0.25, 0.3) is 0 Å². The van der Waals surface area contributed by atoms with Gasteiger partial charge in [0.1, 0.15) is 0 Å². The molecule has 0 spiro atoms. The van der Waals surface area contributed by atoms with E-state index in [2.05, 4.69) is 0 Å². The average molecular weight is 355 g/mol. The molecule has 0 unspecified atom stereocenters. The van der Waals surface area contributed by atoms with Crippen molar-refractivity contribution >= 4 is 15.6 Å². The summed E-state index contributed by atoms with van der Waals surface area (Å²) in [6.45, 7) is 0. The Kier molecular flexibility index (Phi) is 4.06. The van der Waals surface area contributed by atoms with Crippen LogP contribution in [0.25, 0.3) is 0 Å². The van der Waals surface area contributed by atoms with Crippen molar-refractivity contribution in [2.45, 2.75) is 0 Å². The third-order valence-corrected chi connectivity index (χ3v) is 0. The molecule has 96 valence electrons. The second-order valence-corrected chi connectivity index (χ2v) is 5.75. The minimum Gasteiger partial charge on any atom is 2.00 e. The zero-order valence-electron chi connectivity index (χ0n) is 6.14. The maximum absolute atomic E-state index is 10.7. The molecule has 0 fully saturated rings. The molecule has 0 heterocycles. The number of hydrogen-bond donors (Lipinski definition) is 0. The van der Waals surface area contributed by atoms with Crippen molar-refractivity contribution < 1.29 is 69.8 Å². The van der Waals surface area contributed by atoms with E-state index in [1.165, 1.54) is 0 Å². The van der Waals surface area contributed by atoms with Gasteiger partial charge in [-0.1, -0.05) is 0 Å².